The summed E-state index contributed by atoms with van der Waals surface area (Å²) in [7, 11) is 0. The fourth-order valence-corrected chi connectivity index (χ4v) is 2.30. The standard InChI is InChI=1S/C14H13N3OS/c1-3-5-11(6-4-2)12-9-19-13(16-12)14(18)17-8-7-15-10-17/h3-10H,1H2,2H3/b6-4-,11-5+. The predicted molar refractivity (Wildman–Crippen MR) is 77.1 cm³/mol. The van der Waals surface area contributed by atoms with Gasteiger partial charge in [0.1, 0.15) is 6.33 Å². The third-order valence-electron chi connectivity index (χ3n) is 2.37. The topological polar surface area (TPSA) is 47.8 Å². The highest BCUT2D eigenvalue weighted by molar-refractivity contribution is 7.11. The van der Waals surface area contributed by atoms with E-state index in [2.05, 4.69) is 16.5 Å². The molecule has 19 heavy (non-hydrogen) atoms. The lowest BCUT2D eigenvalue weighted by atomic mass is 10.2. The molecule has 2 rings (SSSR count). The van der Waals surface area contributed by atoms with E-state index >= 15 is 0 Å². The van der Waals surface area contributed by atoms with Gasteiger partial charge in [0.15, 0.2) is 5.01 Å². The van der Waals surface area contributed by atoms with Crippen LogP contribution in [-0.2, 0) is 0 Å². The molecule has 2 aromatic heterocycles. The summed E-state index contributed by atoms with van der Waals surface area (Å²) in [5.41, 5.74) is 1.70. The van der Waals surface area contributed by atoms with Crippen molar-refractivity contribution in [3.05, 3.63) is 65.7 Å². The summed E-state index contributed by atoms with van der Waals surface area (Å²) in [6, 6.07) is 0. The molecule has 0 aliphatic rings. The molecule has 0 saturated heterocycles. The van der Waals surface area contributed by atoms with Gasteiger partial charge >= 0.3 is 0 Å². The van der Waals surface area contributed by atoms with Crippen LogP contribution in [0, 0.1) is 0 Å². The molecule has 0 unspecified atom stereocenters. The minimum Gasteiger partial charge on any atom is -0.270 e. The Kier molecular flexibility index (Phi) is 4.20. The molecule has 0 N–H and O–H groups in total. The smallest absolute Gasteiger partial charge is 0.270 e. The fourth-order valence-electron chi connectivity index (χ4n) is 1.53. The lowest BCUT2D eigenvalue weighted by molar-refractivity contribution is 0.0959. The first-order chi connectivity index (χ1) is 9.26. The van der Waals surface area contributed by atoms with Crippen molar-refractivity contribution >= 4 is 22.8 Å². The maximum absolute atomic E-state index is 12.1. The van der Waals surface area contributed by atoms with Gasteiger partial charge in [-0.05, 0) is 6.92 Å². The Morgan fingerprint density at radius 3 is 3.00 bits per heavy atom. The van der Waals surface area contributed by atoms with Crippen LogP contribution in [0.1, 0.15) is 22.4 Å². The normalized spacial score (nSPS) is 11.9. The highest BCUT2D eigenvalue weighted by Crippen LogP contribution is 2.20. The van der Waals surface area contributed by atoms with E-state index in [4.69, 9.17) is 0 Å². The molecule has 0 radical (unpaired) electrons. The lowest BCUT2D eigenvalue weighted by Crippen LogP contribution is -2.09. The van der Waals surface area contributed by atoms with Gasteiger partial charge in [0.2, 0.25) is 0 Å². The number of rotatable bonds is 4. The monoisotopic (exact) mass is 271 g/mol. The zero-order valence-electron chi connectivity index (χ0n) is 10.5. The number of carbonyl (C=O) groups excluding carboxylic acids is 1. The summed E-state index contributed by atoms with van der Waals surface area (Å²) in [6.45, 7) is 5.61. The van der Waals surface area contributed by atoms with Gasteiger partial charge < -0.3 is 0 Å². The van der Waals surface area contributed by atoms with Gasteiger partial charge in [-0.25, -0.2) is 9.97 Å². The van der Waals surface area contributed by atoms with Crippen molar-refractivity contribution in [1.82, 2.24) is 14.5 Å². The van der Waals surface area contributed by atoms with Crippen LogP contribution < -0.4 is 0 Å². The Morgan fingerprint density at radius 1 is 1.53 bits per heavy atom. The molecule has 5 heteroatoms. The number of nitrogens with zero attached hydrogens (tertiary/aromatic N) is 3. The van der Waals surface area contributed by atoms with Gasteiger partial charge in [0.25, 0.3) is 5.91 Å². The van der Waals surface area contributed by atoms with Crippen molar-refractivity contribution in [3.8, 4) is 0 Å². The number of imidazole rings is 1. The molecule has 0 spiro atoms. The Hall–Kier alpha value is -2.27. The van der Waals surface area contributed by atoms with Crippen molar-refractivity contribution in [1.29, 1.82) is 0 Å². The second-order valence-corrected chi connectivity index (χ2v) is 4.53. The van der Waals surface area contributed by atoms with Crippen LogP contribution in [0.25, 0.3) is 5.57 Å². The van der Waals surface area contributed by atoms with E-state index in [0.717, 1.165) is 11.3 Å². The van der Waals surface area contributed by atoms with Crippen molar-refractivity contribution in [2.75, 3.05) is 0 Å². The molecular weight excluding hydrogens is 258 g/mol. The van der Waals surface area contributed by atoms with Crippen LogP contribution >= 0.6 is 11.3 Å². The molecule has 4 nitrogen and oxygen atoms in total. The van der Waals surface area contributed by atoms with Gasteiger partial charge in [0, 0.05) is 23.3 Å². The summed E-state index contributed by atoms with van der Waals surface area (Å²) in [5, 5.41) is 2.30. The zero-order chi connectivity index (χ0) is 13.7. The van der Waals surface area contributed by atoms with E-state index in [1.165, 1.54) is 22.2 Å². The molecule has 0 fully saturated rings. The summed E-state index contributed by atoms with van der Waals surface area (Å²) < 4.78 is 1.41. The van der Waals surface area contributed by atoms with E-state index in [-0.39, 0.29) is 5.91 Å². The van der Waals surface area contributed by atoms with Gasteiger partial charge in [-0.1, -0.05) is 30.9 Å². The number of aromatic nitrogens is 3. The van der Waals surface area contributed by atoms with Crippen LogP contribution in [0.3, 0.4) is 0 Å². The first-order valence-electron chi connectivity index (χ1n) is 5.70. The average molecular weight is 271 g/mol. The first-order valence-corrected chi connectivity index (χ1v) is 6.58. The van der Waals surface area contributed by atoms with Gasteiger partial charge in [-0.15, -0.1) is 11.3 Å². The number of hydrogen-bond acceptors (Lipinski definition) is 4. The average Bonchev–Trinajstić information content (AvgIpc) is 3.09. The minimum atomic E-state index is -0.174. The predicted octanol–water partition coefficient (Wildman–Crippen LogP) is 3.17. The molecule has 0 aromatic carbocycles. The minimum absolute atomic E-state index is 0.174. The third kappa shape index (κ3) is 2.95. The summed E-state index contributed by atoms with van der Waals surface area (Å²) in [5.74, 6) is -0.174. The third-order valence-corrected chi connectivity index (χ3v) is 3.20. The lowest BCUT2D eigenvalue weighted by Gasteiger charge is -1.97. The zero-order valence-corrected chi connectivity index (χ0v) is 11.3. The quantitative estimate of drug-likeness (QED) is 0.802. The maximum atomic E-state index is 12.1. The number of allylic oxidation sites excluding steroid dienone is 5. The van der Waals surface area contributed by atoms with Gasteiger partial charge in [-0.2, -0.15) is 0 Å². The van der Waals surface area contributed by atoms with Crippen LogP contribution in [-0.4, -0.2) is 20.4 Å². The van der Waals surface area contributed by atoms with E-state index < -0.39 is 0 Å². The first kappa shape index (κ1) is 13.2. The largest absolute Gasteiger partial charge is 0.292 e. The molecule has 0 atom stereocenters. The SMILES string of the molecule is C=C/C=C(\C=C/C)c1csc(C(=O)n2ccnc2)n1. The molecule has 96 valence electrons. The second-order valence-electron chi connectivity index (χ2n) is 3.67. The summed E-state index contributed by atoms with van der Waals surface area (Å²) in [4.78, 5) is 20.3. The van der Waals surface area contributed by atoms with Gasteiger partial charge in [0.05, 0.1) is 5.69 Å². The molecule has 0 bridgehead atoms. The van der Waals surface area contributed by atoms with Crippen molar-refractivity contribution < 1.29 is 4.79 Å². The van der Waals surface area contributed by atoms with E-state index in [0.29, 0.717) is 5.01 Å². The van der Waals surface area contributed by atoms with Crippen LogP contribution in [0.4, 0.5) is 0 Å². The van der Waals surface area contributed by atoms with Crippen molar-refractivity contribution in [3.63, 3.8) is 0 Å². The molecule has 2 aromatic rings. The number of carbonyl (C=O) groups is 1. The highest BCUT2D eigenvalue weighted by atomic mass is 32.1. The molecule has 0 aliphatic heterocycles. The van der Waals surface area contributed by atoms with E-state index in [1.54, 1.807) is 18.5 Å². The summed E-state index contributed by atoms with van der Waals surface area (Å²) in [6.07, 6.45) is 12.1. The molecule has 2 heterocycles. The maximum Gasteiger partial charge on any atom is 0.292 e. The van der Waals surface area contributed by atoms with Gasteiger partial charge in [-0.3, -0.25) is 9.36 Å². The Bertz CT molecular complexity index is 635. The Balaban J connectivity index is 2.31. The summed E-state index contributed by atoms with van der Waals surface area (Å²) >= 11 is 1.32. The number of thiazole rings is 1. The fraction of sp³-hybridized carbons (Fsp3) is 0.0714. The van der Waals surface area contributed by atoms with E-state index in [1.807, 2.05) is 30.5 Å². The van der Waals surface area contributed by atoms with Crippen molar-refractivity contribution in [2.45, 2.75) is 6.92 Å². The molecule has 0 amide bonds. The Morgan fingerprint density at radius 2 is 2.37 bits per heavy atom. The second kappa shape index (κ2) is 6.06. The highest BCUT2D eigenvalue weighted by Gasteiger charge is 2.13. The molecular formula is C14H13N3OS. The van der Waals surface area contributed by atoms with Crippen LogP contribution in [0.5, 0.6) is 0 Å². The van der Waals surface area contributed by atoms with Crippen molar-refractivity contribution in [2.24, 2.45) is 0 Å². The molecule has 0 saturated carbocycles. The number of hydrogen-bond donors (Lipinski definition) is 0. The van der Waals surface area contributed by atoms with E-state index in [9.17, 15) is 4.79 Å². The molecule has 0 aliphatic carbocycles. The van der Waals surface area contributed by atoms with Crippen LogP contribution in [0.2, 0.25) is 0 Å². The Labute approximate surface area is 115 Å². The van der Waals surface area contributed by atoms with Crippen LogP contribution in [0.15, 0.2) is 55.0 Å².